The van der Waals surface area contributed by atoms with Crippen LogP contribution >= 0.6 is 11.7 Å². The van der Waals surface area contributed by atoms with Gasteiger partial charge in [-0.15, -0.1) is 0 Å². The Morgan fingerprint density at radius 3 is 2.64 bits per heavy atom. The largest absolute Gasteiger partial charge is 0.356 e. The van der Waals surface area contributed by atoms with Crippen molar-refractivity contribution in [1.82, 2.24) is 13.9 Å². The van der Waals surface area contributed by atoms with Crippen LogP contribution in [0.25, 0.3) is 22.4 Å². The van der Waals surface area contributed by atoms with Gasteiger partial charge in [0.25, 0.3) is 0 Å². The number of hydrogen-bond acceptors (Lipinski definition) is 8. The number of amides is 1. The van der Waals surface area contributed by atoms with Gasteiger partial charge in [-0.1, -0.05) is 11.2 Å². The van der Waals surface area contributed by atoms with Gasteiger partial charge in [0.15, 0.2) is 15.6 Å². The molecule has 0 bridgehead atoms. The van der Waals surface area contributed by atoms with Crippen LogP contribution in [0, 0.1) is 0 Å². The normalized spacial score (nSPS) is 11.6. The third-order valence-corrected chi connectivity index (χ3v) is 6.36. The number of benzene rings is 2. The lowest BCUT2D eigenvalue weighted by Crippen LogP contribution is -2.17. The van der Waals surface area contributed by atoms with Crippen LogP contribution in [0.5, 0.6) is 0 Å². The monoisotopic (exact) mass is 414 g/mol. The van der Waals surface area contributed by atoms with Crippen molar-refractivity contribution in [2.75, 3.05) is 11.1 Å². The fourth-order valence-corrected chi connectivity index (χ4v) is 4.69. The number of sulfone groups is 1. The highest BCUT2D eigenvalue weighted by molar-refractivity contribution is 7.91. The van der Waals surface area contributed by atoms with E-state index in [9.17, 15) is 13.2 Å². The molecule has 4 rings (SSSR count). The molecule has 10 heteroatoms. The first-order valence-corrected chi connectivity index (χ1v) is 10.7. The number of rotatable bonds is 6. The fourth-order valence-electron chi connectivity index (χ4n) is 2.68. The van der Waals surface area contributed by atoms with Crippen LogP contribution in [0.3, 0.4) is 0 Å². The highest BCUT2D eigenvalue weighted by atomic mass is 32.2. The van der Waals surface area contributed by atoms with E-state index < -0.39 is 9.84 Å². The number of anilines is 1. The lowest BCUT2D eigenvalue weighted by molar-refractivity contribution is -0.115. The molecule has 0 spiro atoms. The molecule has 0 fully saturated rings. The van der Waals surface area contributed by atoms with Crippen LogP contribution in [0.15, 0.2) is 64.1 Å². The van der Waals surface area contributed by atoms with Gasteiger partial charge in [-0.05, 0) is 36.4 Å². The van der Waals surface area contributed by atoms with Crippen LogP contribution in [0.1, 0.15) is 6.42 Å². The van der Waals surface area contributed by atoms with Gasteiger partial charge in [-0.2, -0.15) is 8.75 Å². The van der Waals surface area contributed by atoms with Gasteiger partial charge in [-0.25, -0.2) is 8.42 Å². The summed E-state index contributed by atoms with van der Waals surface area (Å²) in [5, 5.41) is 6.34. The van der Waals surface area contributed by atoms with E-state index in [0.29, 0.717) is 22.5 Å². The zero-order valence-corrected chi connectivity index (χ0v) is 16.0. The molecule has 8 nitrogen and oxygen atoms in total. The number of hydrogen-bond donors (Lipinski definition) is 1. The number of nitrogens with one attached hydrogen (secondary N) is 1. The summed E-state index contributed by atoms with van der Waals surface area (Å²) in [7, 11) is -3.66. The van der Waals surface area contributed by atoms with Crippen molar-refractivity contribution < 1.29 is 17.7 Å². The van der Waals surface area contributed by atoms with Crippen LogP contribution in [-0.2, 0) is 14.6 Å². The molecule has 28 heavy (non-hydrogen) atoms. The van der Waals surface area contributed by atoms with Gasteiger partial charge in [0.2, 0.25) is 5.91 Å². The average molecular weight is 414 g/mol. The molecule has 0 aliphatic carbocycles. The smallest absolute Gasteiger partial charge is 0.225 e. The Labute approximate surface area is 164 Å². The molecule has 0 aliphatic heterocycles. The summed E-state index contributed by atoms with van der Waals surface area (Å²) in [5.41, 5.74) is 2.26. The lowest BCUT2D eigenvalue weighted by atomic mass is 10.1. The van der Waals surface area contributed by atoms with Crippen molar-refractivity contribution in [3.8, 4) is 11.3 Å². The van der Waals surface area contributed by atoms with Gasteiger partial charge >= 0.3 is 0 Å². The summed E-state index contributed by atoms with van der Waals surface area (Å²) in [4.78, 5) is 12.3. The summed E-state index contributed by atoms with van der Waals surface area (Å²) >= 11 is 0.955. The Morgan fingerprint density at radius 2 is 1.89 bits per heavy atom. The van der Waals surface area contributed by atoms with Crippen LogP contribution in [0.4, 0.5) is 5.69 Å². The van der Waals surface area contributed by atoms with Gasteiger partial charge in [0.05, 0.1) is 28.6 Å². The molecular formula is C18H14N4O4S2. The topological polar surface area (TPSA) is 115 Å². The van der Waals surface area contributed by atoms with E-state index in [-0.39, 0.29) is 23.0 Å². The minimum Gasteiger partial charge on any atom is -0.356 e. The van der Waals surface area contributed by atoms with E-state index in [1.807, 2.05) is 0 Å². The second kappa shape index (κ2) is 7.49. The van der Waals surface area contributed by atoms with Gasteiger partial charge in [0, 0.05) is 23.7 Å². The molecule has 0 saturated carbocycles. The fraction of sp³-hybridized carbons (Fsp3) is 0.111. The molecule has 0 aliphatic rings. The first kappa shape index (κ1) is 18.3. The molecular weight excluding hydrogens is 400 g/mol. The zero-order valence-electron chi connectivity index (χ0n) is 14.4. The molecule has 4 aromatic rings. The molecule has 2 aromatic heterocycles. The van der Waals surface area contributed by atoms with Crippen molar-refractivity contribution in [2.24, 2.45) is 0 Å². The predicted octanol–water partition coefficient (Wildman–Crippen LogP) is 3.15. The number of carbonyl (C=O) groups is 1. The minimum atomic E-state index is -3.66. The number of aromatic nitrogens is 3. The Bertz CT molecular complexity index is 1220. The maximum Gasteiger partial charge on any atom is 0.225 e. The minimum absolute atomic E-state index is 0.1000. The lowest BCUT2D eigenvalue weighted by Gasteiger charge is -2.07. The van der Waals surface area contributed by atoms with Crippen LogP contribution < -0.4 is 5.32 Å². The highest BCUT2D eigenvalue weighted by Gasteiger charge is 2.21. The molecule has 142 valence electrons. The number of fused-ring (bicyclic) bond motifs is 1. The van der Waals surface area contributed by atoms with Crippen molar-refractivity contribution in [1.29, 1.82) is 0 Å². The first-order valence-electron chi connectivity index (χ1n) is 8.28. The molecule has 2 aromatic carbocycles. The second-order valence-electron chi connectivity index (χ2n) is 5.96. The Morgan fingerprint density at radius 1 is 1.07 bits per heavy atom. The molecule has 1 N–H and O–H groups in total. The number of nitrogens with zero attached hydrogens (tertiary/aromatic N) is 3. The molecule has 0 radical (unpaired) electrons. The maximum atomic E-state index is 12.6. The van der Waals surface area contributed by atoms with Crippen LogP contribution in [0.2, 0.25) is 0 Å². The van der Waals surface area contributed by atoms with Crippen molar-refractivity contribution >= 4 is 44.2 Å². The zero-order chi connectivity index (χ0) is 19.6. The Hall–Kier alpha value is -3.11. The highest BCUT2D eigenvalue weighted by Crippen LogP contribution is 2.23. The molecule has 0 unspecified atom stereocenters. The van der Waals surface area contributed by atoms with Crippen molar-refractivity contribution in [3.05, 3.63) is 54.7 Å². The van der Waals surface area contributed by atoms with E-state index >= 15 is 0 Å². The van der Waals surface area contributed by atoms with Gasteiger partial charge in [-0.3, -0.25) is 4.79 Å². The molecule has 0 saturated heterocycles. The van der Waals surface area contributed by atoms with Gasteiger partial charge < -0.3 is 9.84 Å². The molecule has 0 atom stereocenters. The van der Waals surface area contributed by atoms with E-state index in [4.69, 9.17) is 4.52 Å². The summed E-state index contributed by atoms with van der Waals surface area (Å²) in [6.07, 6.45) is 1.38. The number of carbonyl (C=O) groups excluding carboxylic acids is 1. The van der Waals surface area contributed by atoms with Crippen LogP contribution in [-0.4, -0.2) is 34.0 Å². The maximum absolute atomic E-state index is 12.6. The van der Waals surface area contributed by atoms with Gasteiger partial charge in [0.1, 0.15) is 11.0 Å². The molecule has 2 heterocycles. The van der Waals surface area contributed by atoms with E-state index in [2.05, 4.69) is 19.2 Å². The standard InChI is InChI=1S/C18H14N4O4S2/c23-17(20-13-6-4-12(5-7-13)15-8-10-19-26-15)9-11-28(24,25)16-3-1-2-14-18(16)22-27-21-14/h1-8,10H,9,11H2,(H,20,23). The predicted molar refractivity (Wildman–Crippen MR) is 105 cm³/mol. The quantitative estimate of drug-likeness (QED) is 0.515. The van der Waals surface area contributed by atoms with Crippen molar-refractivity contribution in [2.45, 2.75) is 11.3 Å². The van der Waals surface area contributed by atoms with E-state index in [1.54, 1.807) is 48.7 Å². The van der Waals surface area contributed by atoms with E-state index in [0.717, 1.165) is 17.3 Å². The summed E-state index contributed by atoms with van der Waals surface area (Å²) in [6, 6.07) is 13.5. The first-order chi connectivity index (χ1) is 13.5. The summed E-state index contributed by atoms with van der Waals surface area (Å²) in [5.74, 6) is -0.0831. The third-order valence-electron chi connectivity index (χ3n) is 4.07. The summed E-state index contributed by atoms with van der Waals surface area (Å²) in [6.45, 7) is 0. The van der Waals surface area contributed by atoms with E-state index in [1.165, 1.54) is 6.07 Å². The Kier molecular flexibility index (Phi) is 4.88. The third kappa shape index (κ3) is 3.78. The average Bonchev–Trinajstić information content (AvgIpc) is 3.38. The Balaban J connectivity index is 1.41. The second-order valence-corrected chi connectivity index (χ2v) is 8.57. The summed E-state index contributed by atoms with van der Waals surface area (Å²) < 4.78 is 38.4. The molecule has 1 amide bonds. The van der Waals surface area contributed by atoms with Crippen molar-refractivity contribution in [3.63, 3.8) is 0 Å². The SMILES string of the molecule is O=C(CCS(=O)(=O)c1cccc2nsnc12)Nc1ccc(-c2ccno2)cc1.